The van der Waals surface area contributed by atoms with Crippen LogP contribution in [0.2, 0.25) is 0 Å². The highest BCUT2D eigenvalue weighted by Gasteiger charge is 2.00. The normalized spacial score (nSPS) is 8.56. The standard InChI is InChI=1S/C12H13N.2ClH.H3N/c1-2-9-7-8-10-5-3-4-6-11(10)12(9)13;;;/h3-8H,2,13H2,1H3;2*1H;1H3. The number of hydrogen-bond donors (Lipinski definition) is 2. The molecule has 0 bridgehead atoms. The number of halogens is 2. The molecule has 5 N–H and O–H groups in total. The van der Waals surface area contributed by atoms with Gasteiger partial charge in [0, 0.05) is 11.1 Å². The van der Waals surface area contributed by atoms with Gasteiger partial charge in [-0.2, -0.15) is 0 Å². The fourth-order valence-electron chi connectivity index (χ4n) is 1.65. The van der Waals surface area contributed by atoms with Gasteiger partial charge >= 0.3 is 0 Å². The van der Waals surface area contributed by atoms with Crippen LogP contribution in [0.4, 0.5) is 5.69 Å². The molecule has 2 aromatic rings. The van der Waals surface area contributed by atoms with Crippen LogP contribution in [0, 0.1) is 0 Å². The smallest absolute Gasteiger partial charge is 0.0426 e. The minimum absolute atomic E-state index is 0. The lowest BCUT2D eigenvalue weighted by molar-refractivity contribution is 1.15. The van der Waals surface area contributed by atoms with Gasteiger partial charge in [-0.15, -0.1) is 24.8 Å². The first-order valence-electron chi connectivity index (χ1n) is 4.59. The van der Waals surface area contributed by atoms with Crippen molar-refractivity contribution in [3.8, 4) is 0 Å². The molecule has 0 aliphatic heterocycles. The molecule has 0 atom stereocenters. The van der Waals surface area contributed by atoms with Crippen LogP contribution in [0.1, 0.15) is 12.5 Å². The zero-order chi connectivity index (χ0) is 9.26. The molecule has 0 unspecified atom stereocenters. The molecule has 4 heteroatoms. The van der Waals surface area contributed by atoms with Gasteiger partial charge < -0.3 is 11.9 Å². The van der Waals surface area contributed by atoms with Gasteiger partial charge in [0.1, 0.15) is 0 Å². The molecular formula is C12H18Cl2N2. The minimum atomic E-state index is 0. The van der Waals surface area contributed by atoms with Crippen molar-refractivity contribution in [1.82, 2.24) is 6.15 Å². The summed E-state index contributed by atoms with van der Waals surface area (Å²) in [5.41, 5.74) is 8.20. The molecule has 0 amide bonds. The predicted octanol–water partition coefficient (Wildman–Crippen LogP) is 3.99. The Morgan fingerprint density at radius 1 is 1.00 bits per heavy atom. The van der Waals surface area contributed by atoms with E-state index in [0.29, 0.717) is 0 Å². The Morgan fingerprint density at radius 2 is 1.62 bits per heavy atom. The van der Waals surface area contributed by atoms with Gasteiger partial charge in [0.05, 0.1) is 0 Å². The minimum Gasteiger partial charge on any atom is -0.398 e. The van der Waals surface area contributed by atoms with Crippen molar-refractivity contribution in [2.45, 2.75) is 13.3 Å². The zero-order valence-electron chi connectivity index (χ0n) is 9.27. The summed E-state index contributed by atoms with van der Waals surface area (Å²) in [6.07, 6.45) is 0.997. The van der Waals surface area contributed by atoms with Gasteiger partial charge in [-0.1, -0.05) is 43.3 Å². The van der Waals surface area contributed by atoms with Crippen LogP contribution in [0.15, 0.2) is 36.4 Å². The summed E-state index contributed by atoms with van der Waals surface area (Å²) in [5.74, 6) is 0. The van der Waals surface area contributed by atoms with E-state index in [2.05, 4.69) is 31.2 Å². The SMILES string of the molecule is CCc1ccc2ccccc2c1N.Cl.Cl.N. The number of nitrogen functional groups attached to an aromatic ring is 1. The molecule has 2 nitrogen and oxygen atoms in total. The molecule has 2 rings (SSSR count). The first kappa shape index (κ1) is 17.4. The topological polar surface area (TPSA) is 61.0 Å². The molecule has 0 aliphatic rings. The Morgan fingerprint density at radius 3 is 2.25 bits per heavy atom. The van der Waals surface area contributed by atoms with Crippen LogP contribution in [0.5, 0.6) is 0 Å². The fraction of sp³-hybridized carbons (Fsp3) is 0.167. The highest BCUT2D eigenvalue weighted by atomic mass is 35.5. The van der Waals surface area contributed by atoms with Crippen molar-refractivity contribution in [3.05, 3.63) is 42.0 Å². The lowest BCUT2D eigenvalue weighted by atomic mass is 10.0. The third-order valence-electron chi connectivity index (χ3n) is 2.44. The van der Waals surface area contributed by atoms with E-state index in [0.717, 1.165) is 12.1 Å². The summed E-state index contributed by atoms with van der Waals surface area (Å²) < 4.78 is 0. The summed E-state index contributed by atoms with van der Waals surface area (Å²) in [4.78, 5) is 0. The van der Waals surface area contributed by atoms with Crippen molar-refractivity contribution >= 4 is 41.3 Å². The summed E-state index contributed by atoms with van der Waals surface area (Å²) in [6.45, 7) is 2.13. The Kier molecular flexibility index (Phi) is 7.99. The van der Waals surface area contributed by atoms with Crippen LogP contribution in [0.3, 0.4) is 0 Å². The number of rotatable bonds is 1. The molecule has 0 saturated heterocycles. The van der Waals surface area contributed by atoms with E-state index in [-0.39, 0.29) is 31.0 Å². The van der Waals surface area contributed by atoms with Gasteiger partial charge in [-0.3, -0.25) is 0 Å². The van der Waals surface area contributed by atoms with E-state index in [4.69, 9.17) is 5.73 Å². The van der Waals surface area contributed by atoms with Crippen molar-refractivity contribution in [1.29, 1.82) is 0 Å². The molecule has 0 spiro atoms. The number of nitrogens with two attached hydrogens (primary N) is 1. The van der Waals surface area contributed by atoms with Crippen molar-refractivity contribution in [2.75, 3.05) is 5.73 Å². The van der Waals surface area contributed by atoms with Gasteiger partial charge in [-0.05, 0) is 17.4 Å². The second-order valence-electron chi connectivity index (χ2n) is 3.21. The molecular weight excluding hydrogens is 243 g/mol. The van der Waals surface area contributed by atoms with Gasteiger partial charge in [-0.25, -0.2) is 0 Å². The highest BCUT2D eigenvalue weighted by molar-refractivity contribution is 5.94. The Balaban J connectivity index is 0. The van der Waals surface area contributed by atoms with Crippen LogP contribution in [0.25, 0.3) is 10.8 Å². The molecule has 0 saturated carbocycles. The third-order valence-corrected chi connectivity index (χ3v) is 2.44. The number of hydrogen-bond acceptors (Lipinski definition) is 2. The summed E-state index contributed by atoms with van der Waals surface area (Å²) in [7, 11) is 0. The summed E-state index contributed by atoms with van der Waals surface area (Å²) >= 11 is 0. The van der Waals surface area contributed by atoms with E-state index in [1.54, 1.807) is 0 Å². The Hall–Kier alpha value is -0.960. The zero-order valence-corrected chi connectivity index (χ0v) is 10.9. The van der Waals surface area contributed by atoms with Crippen molar-refractivity contribution < 1.29 is 0 Å². The maximum atomic E-state index is 6.03. The van der Waals surface area contributed by atoms with Crippen LogP contribution in [-0.2, 0) is 6.42 Å². The number of anilines is 1. The Bertz CT molecular complexity index is 444. The number of aryl methyl sites for hydroxylation is 1. The maximum absolute atomic E-state index is 6.03. The number of fused-ring (bicyclic) bond motifs is 1. The van der Waals surface area contributed by atoms with E-state index < -0.39 is 0 Å². The average Bonchev–Trinajstić information content (AvgIpc) is 2.19. The van der Waals surface area contributed by atoms with Gasteiger partial charge in [0.15, 0.2) is 0 Å². The molecule has 2 aromatic carbocycles. The summed E-state index contributed by atoms with van der Waals surface area (Å²) in [5, 5.41) is 2.39. The third kappa shape index (κ3) is 3.01. The second kappa shape index (κ2) is 7.34. The van der Waals surface area contributed by atoms with Crippen LogP contribution >= 0.6 is 24.8 Å². The van der Waals surface area contributed by atoms with Crippen LogP contribution < -0.4 is 11.9 Å². The monoisotopic (exact) mass is 260 g/mol. The van der Waals surface area contributed by atoms with E-state index in [9.17, 15) is 0 Å². The second-order valence-corrected chi connectivity index (χ2v) is 3.21. The molecule has 0 radical (unpaired) electrons. The summed E-state index contributed by atoms with van der Waals surface area (Å²) in [6, 6.07) is 12.5. The first-order valence-corrected chi connectivity index (χ1v) is 4.59. The van der Waals surface area contributed by atoms with Crippen LogP contribution in [-0.4, -0.2) is 0 Å². The van der Waals surface area contributed by atoms with E-state index in [1.165, 1.54) is 16.3 Å². The maximum Gasteiger partial charge on any atom is 0.0426 e. The molecule has 0 heterocycles. The number of benzene rings is 2. The molecule has 90 valence electrons. The lowest BCUT2D eigenvalue weighted by Gasteiger charge is -2.06. The lowest BCUT2D eigenvalue weighted by Crippen LogP contribution is -1.93. The molecule has 0 fully saturated rings. The van der Waals surface area contributed by atoms with Crippen molar-refractivity contribution in [2.24, 2.45) is 0 Å². The van der Waals surface area contributed by atoms with E-state index in [1.807, 2.05) is 12.1 Å². The quantitative estimate of drug-likeness (QED) is 0.762. The predicted molar refractivity (Wildman–Crippen MR) is 77.3 cm³/mol. The first-order chi connectivity index (χ1) is 6.33. The molecule has 0 aliphatic carbocycles. The highest BCUT2D eigenvalue weighted by Crippen LogP contribution is 2.24. The molecule has 16 heavy (non-hydrogen) atoms. The fourth-order valence-corrected chi connectivity index (χ4v) is 1.65. The van der Waals surface area contributed by atoms with Gasteiger partial charge in [0.25, 0.3) is 0 Å². The Labute approximate surface area is 109 Å². The average molecular weight is 261 g/mol. The van der Waals surface area contributed by atoms with Gasteiger partial charge in [0.2, 0.25) is 0 Å². The van der Waals surface area contributed by atoms with E-state index >= 15 is 0 Å². The molecule has 0 aromatic heterocycles. The van der Waals surface area contributed by atoms with Crippen molar-refractivity contribution in [3.63, 3.8) is 0 Å². The largest absolute Gasteiger partial charge is 0.398 e.